The van der Waals surface area contributed by atoms with Crippen molar-refractivity contribution in [3.05, 3.63) is 58.6 Å². The lowest BCUT2D eigenvalue weighted by Crippen LogP contribution is -2.21. The molecule has 5 heteroatoms. The highest BCUT2D eigenvalue weighted by atomic mass is 79.9. The van der Waals surface area contributed by atoms with Crippen LogP contribution in [0.5, 0.6) is 0 Å². The molecule has 23 heavy (non-hydrogen) atoms. The Hall–Kier alpha value is -2.01. The van der Waals surface area contributed by atoms with Gasteiger partial charge in [0.05, 0.1) is 6.54 Å². The predicted molar refractivity (Wildman–Crippen MR) is 99.2 cm³/mol. The molecule has 1 aliphatic heterocycles. The lowest BCUT2D eigenvalue weighted by atomic mass is 10.1. The number of hydrogen-bond donors (Lipinski definition) is 1. The third-order valence-electron chi connectivity index (χ3n) is 3.72. The number of halogens is 1. The summed E-state index contributed by atoms with van der Waals surface area (Å²) in [5.74, 6) is 0. The molecule has 1 N–H and O–H groups in total. The van der Waals surface area contributed by atoms with Crippen LogP contribution in [0.2, 0.25) is 0 Å². The molecular formula is C18H20BrN3O. The van der Waals surface area contributed by atoms with Gasteiger partial charge in [-0.05, 0) is 42.8 Å². The van der Waals surface area contributed by atoms with Crippen molar-refractivity contribution in [3.63, 3.8) is 0 Å². The SMILES string of the molecule is CCN(Cc1ccc(NC2=NCCO2)cc1)c1cccc(Br)c1. The number of aliphatic imine (C=N–C) groups is 1. The number of hydrogen-bond acceptors (Lipinski definition) is 4. The smallest absolute Gasteiger partial charge is 0.289 e. The van der Waals surface area contributed by atoms with Gasteiger partial charge in [-0.1, -0.05) is 34.1 Å². The van der Waals surface area contributed by atoms with E-state index in [1.807, 2.05) is 6.07 Å². The first-order valence-electron chi connectivity index (χ1n) is 7.78. The summed E-state index contributed by atoms with van der Waals surface area (Å²) in [6.07, 6.45) is 0. The van der Waals surface area contributed by atoms with E-state index in [1.54, 1.807) is 0 Å². The number of rotatable bonds is 5. The molecule has 0 saturated carbocycles. The van der Waals surface area contributed by atoms with Gasteiger partial charge in [0.15, 0.2) is 0 Å². The zero-order valence-electron chi connectivity index (χ0n) is 13.1. The quantitative estimate of drug-likeness (QED) is 0.849. The molecule has 2 aromatic carbocycles. The molecular weight excluding hydrogens is 354 g/mol. The summed E-state index contributed by atoms with van der Waals surface area (Å²) < 4.78 is 6.47. The van der Waals surface area contributed by atoms with Crippen molar-refractivity contribution in [1.82, 2.24) is 0 Å². The van der Waals surface area contributed by atoms with Gasteiger partial charge in [-0.3, -0.25) is 0 Å². The van der Waals surface area contributed by atoms with Crippen LogP contribution in [0.3, 0.4) is 0 Å². The van der Waals surface area contributed by atoms with Crippen LogP contribution >= 0.6 is 15.9 Å². The van der Waals surface area contributed by atoms with Gasteiger partial charge in [-0.15, -0.1) is 0 Å². The maximum absolute atomic E-state index is 5.36. The Bertz CT molecular complexity index is 685. The van der Waals surface area contributed by atoms with Gasteiger partial charge in [0.1, 0.15) is 6.61 Å². The number of nitrogens with zero attached hydrogens (tertiary/aromatic N) is 2. The van der Waals surface area contributed by atoms with Crippen LogP contribution in [0, 0.1) is 0 Å². The molecule has 0 amide bonds. The summed E-state index contributed by atoms with van der Waals surface area (Å²) in [6, 6.07) is 17.4. The molecule has 0 spiro atoms. The van der Waals surface area contributed by atoms with E-state index >= 15 is 0 Å². The van der Waals surface area contributed by atoms with Crippen molar-refractivity contribution in [3.8, 4) is 0 Å². The van der Waals surface area contributed by atoms with Crippen molar-refractivity contribution in [2.75, 3.05) is 29.9 Å². The minimum atomic E-state index is 0.613. The molecule has 0 aliphatic carbocycles. The minimum absolute atomic E-state index is 0.613. The van der Waals surface area contributed by atoms with E-state index in [2.05, 4.69) is 80.5 Å². The monoisotopic (exact) mass is 373 g/mol. The minimum Gasteiger partial charge on any atom is -0.463 e. The largest absolute Gasteiger partial charge is 0.463 e. The van der Waals surface area contributed by atoms with Crippen molar-refractivity contribution >= 4 is 33.3 Å². The average molecular weight is 374 g/mol. The Kier molecular flexibility index (Phi) is 5.18. The first-order chi connectivity index (χ1) is 11.2. The maximum Gasteiger partial charge on any atom is 0.289 e. The fourth-order valence-electron chi connectivity index (χ4n) is 2.51. The van der Waals surface area contributed by atoms with E-state index in [0.29, 0.717) is 12.6 Å². The standard InChI is InChI=1S/C18H20BrN3O/c1-2-22(17-5-3-4-15(19)12-17)13-14-6-8-16(9-7-14)21-18-20-10-11-23-18/h3-9,12H,2,10-11,13H2,1H3,(H,20,21). The molecule has 2 aromatic rings. The van der Waals surface area contributed by atoms with E-state index in [4.69, 9.17) is 4.74 Å². The van der Waals surface area contributed by atoms with Gasteiger partial charge in [0.25, 0.3) is 6.02 Å². The molecule has 120 valence electrons. The molecule has 0 radical (unpaired) electrons. The third-order valence-corrected chi connectivity index (χ3v) is 4.21. The molecule has 0 unspecified atom stereocenters. The fourth-order valence-corrected chi connectivity index (χ4v) is 2.89. The normalized spacial score (nSPS) is 13.4. The van der Waals surface area contributed by atoms with Gasteiger partial charge in [0.2, 0.25) is 0 Å². The first-order valence-corrected chi connectivity index (χ1v) is 8.57. The Morgan fingerprint density at radius 2 is 2.04 bits per heavy atom. The van der Waals surface area contributed by atoms with Crippen LogP contribution in [-0.2, 0) is 11.3 Å². The van der Waals surface area contributed by atoms with E-state index in [9.17, 15) is 0 Å². The van der Waals surface area contributed by atoms with Crippen molar-refractivity contribution < 1.29 is 4.74 Å². The van der Waals surface area contributed by atoms with Crippen LogP contribution in [0.1, 0.15) is 12.5 Å². The van der Waals surface area contributed by atoms with Crippen LogP contribution in [-0.4, -0.2) is 25.7 Å². The molecule has 0 aromatic heterocycles. The summed E-state index contributed by atoms with van der Waals surface area (Å²) in [5.41, 5.74) is 3.49. The van der Waals surface area contributed by atoms with E-state index < -0.39 is 0 Å². The second-order valence-electron chi connectivity index (χ2n) is 5.35. The zero-order chi connectivity index (χ0) is 16.1. The second kappa shape index (κ2) is 7.51. The number of benzene rings is 2. The zero-order valence-corrected chi connectivity index (χ0v) is 14.7. The lowest BCUT2D eigenvalue weighted by Gasteiger charge is -2.23. The van der Waals surface area contributed by atoms with Gasteiger partial charge in [-0.2, -0.15) is 0 Å². The van der Waals surface area contributed by atoms with Crippen LogP contribution in [0.25, 0.3) is 0 Å². The molecule has 1 aliphatic rings. The van der Waals surface area contributed by atoms with Crippen molar-refractivity contribution in [1.29, 1.82) is 0 Å². The Labute approximate surface area is 145 Å². The summed E-state index contributed by atoms with van der Waals surface area (Å²) >= 11 is 3.54. The molecule has 0 saturated heterocycles. The second-order valence-corrected chi connectivity index (χ2v) is 6.27. The van der Waals surface area contributed by atoms with Crippen LogP contribution < -0.4 is 10.2 Å². The highest BCUT2D eigenvalue weighted by molar-refractivity contribution is 9.10. The Morgan fingerprint density at radius 3 is 2.70 bits per heavy atom. The fraction of sp³-hybridized carbons (Fsp3) is 0.278. The van der Waals surface area contributed by atoms with Gasteiger partial charge in [-0.25, -0.2) is 4.99 Å². The maximum atomic E-state index is 5.36. The van der Waals surface area contributed by atoms with Crippen LogP contribution in [0.4, 0.5) is 11.4 Å². The summed E-state index contributed by atoms with van der Waals surface area (Å²) in [7, 11) is 0. The van der Waals surface area contributed by atoms with E-state index in [0.717, 1.165) is 29.8 Å². The number of amidine groups is 1. The van der Waals surface area contributed by atoms with E-state index in [1.165, 1.54) is 11.3 Å². The lowest BCUT2D eigenvalue weighted by molar-refractivity contribution is 0.346. The van der Waals surface area contributed by atoms with Crippen molar-refractivity contribution in [2.24, 2.45) is 4.99 Å². The predicted octanol–water partition coefficient (Wildman–Crippen LogP) is 4.27. The Balaban J connectivity index is 1.66. The van der Waals surface area contributed by atoms with Gasteiger partial charge >= 0.3 is 0 Å². The topological polar surface area (TPSA) is 36.9 Å². The molecule has 0 fully saturated rings. The molecule has 0 bridgehead atoms. The number of anilines is 2. The first kappa shape index (κ1) is 15.9. The summed E-state index contributed by atoms with van der Waals surface area (Å²) in [5, 5.41) is 3.18. The molecule has 3 rings (SSSR count). The summed E-state index contributed by atoms with van der Waals surface area (Å²) in [4.78, 5) is 6.58. The summed E-state index contributed by atoms with van der Waals surface area (Å²) in [6.45, 7) is 5.41. The number of ether oxygens (including phenoxy) is 1. The molecule has 1 heterocycles. The van der Waals surface area contributed by atoms with E-state index in [-0.39, 0.29) is 0 Å². The van der Waals surface area contributed by atoms with Gasteiger partial charge in [0, 0.05) is 28.9 Å². The highest BCUT2D eigenvalue weighted by Gasteiger charge is 2.08. The number of nitrogens with one attached hydrogen (secondary N) is 1. The molecule has 0 atom stereocenters. The van der Waals surface area contributed by atoms with Gasteiger partial charge < -0.3 is 15.0 Å². The third kappa shape index (κ3) is 4.26. The van der Waals surface area contributed by atoms with Crippen LogP contribution in [0.15, 0.2) is 58.0 Å². The molecule has 4 nitrogen and oxygen atoms in total. The highest BCUT2D eigenvalue weighted by Crippen LogP contribution is 2.22. The average Bonchev–Trinajstić information content (AvgIpc) is 3.07. The Morgan fingerprint density at radius 1 is 1.22 bits per heavy atom. The van der Waals surface area contributed by atoms with Crippen molar-refractivity contribution in [2.45, 2.75) is 13.5 Å².